The molecule has 24 heavy (non-hydrogen) atoms. The molecule has 0 radical (unpaired) electrons. The van der Waals surface area contributed by atoms with Gasteiger partial charge in [0, 0.05) is 36.1 Å². The van der Waals surface area contributed by atoms with Crippen LogP contribution in [0.4, 0.5) is 0 Å². The quantitative estimate of drug-likeness (QED) is 0.864. The van der Waals surface area contributed by atoms with Crippen molar-refractivity contribution < 1.29 is 19.1 Å². The van der Waals surface area contributed by atoms with Crippen molar-refractivity contribution in [2.75, 3.05) is 33.4 Å². The summed E-state index contributed by atoms with van der Waals surface area (Å²) >= 11 is 0. The Hall–Kier alpha value is -2.34. The third kappa shape index (κ3) is 2.21. The van der Waals surface area contributed by atoms with Gasteiger partial charge in [-0.15, -0.1) is 0 Å². The second-order valence-electron chi connectivity index (χ2n) is 6.67. The number of benzene rings is 1. The van der Waals surface area contributed by atoms with Crippen molar-refractivity contribution in [1.82, 2.24) is 9.88 Å². The zero-order chi connectivity index (χ0) is 16.7. The van der Waals surface area contributed by atoms with E-state index in [1.807, 2.05) is 30.5 Å². The zero-order valence-electron chi connectivity index (χ0n) is 13.6. The van der Waals surface area contributed by atoms with Crippen LogP contribution in [0.3, 0.4) is 0 Å². The fraction of sp³-hybridized carbons (Fsp3) is 0.444. The molecule has 2 saturated heterocycles. The number of esters is 1. The fourth-order valence-corrected chi connectivity index (χ4v) is 3.97. The van der Waals surface area contributed by atoms with Gasteiger partial charge in [0.2, 0.25) is 5.91 Å². The maximum atomic E-state index is 12.8. The van der Waals surface area contributed by atoms with E-state index in [1.165, 1.54) is 7.11 Å². The van der Waals surface area contributed by atoms with Crippen LogP contribution in [0.25, 0.3) is 10.9 Å². The lowest BCUT2D eigenvalue weighted by Crippen LogP contribution is -2.41. The second-order valence-corrected chi connectivity index (χ2v) is 6.67. The summed E-state index contributed by atoms with van der Waals surface area (Å²) in [6.45, 7) is 1.77. The number of nitrogens with zero attached hydrogens (tertiary/aromatic N) is 1. The van der Waals surface area contributed by atoms with Gasteiger partial charge in [-0.3, -0.25) is 9.59 Å². The first-order valence-corrected chi connectivity index (χ1v) is 8.13. The molecule has 1 aromatic heterocycles. The lowest BCUT2D eigenvalue weighted by Gasteiger charge is -2.23. The number of hydrogen-bond acceptors (Lipinski definition) is 4. The molecule has 2 aliphatic rings. The predicted octanol–water partition coefficient (Wildman–Crippen LogP) is 1.36. The van der Waals surface area contributed by atoms with Crippen LogP contribution < -0.4 is 0 Å². The van der Waals surface area contributed by atoms with Crippen molar-refractivity contribution in [1.29, 1.82) is 0 Å². The van der Waals surface area contributed by atoms with Gasteiger partial charge in [0.1, 0.15) is 5.41 Å². The largest absolute Gasteiger partial charge is 0.468 e. The number of carbonyl (C=O) groups is 2. The van der Waals surface area contributed by atoms with Crippen LogP contribution in [0.2, 0.25) is 0 Å². The van der Waals surface area contributed by atoms with E-state index < -0.39 is 5.41 Å². The molecule has 0 spiro atoms. The number of nitrogens with one attached hydrogen (secondary N) is 1. The Bertz CT molecular complexity index is 799. The standard InChI is InChI=1S/C18H20N2O4/c1-23-17(22)18-10-20(8-13(18)9-24-11-18)16(21)6-12-7-19-15-5-3-2-4-14(12)15/h2-5,7,13,19H,6,8-11H2,1H3/t13-,18-/m0/s1. The van der Waals surface area contributed by atoms with E-state index in [0.29, 0.717) is 32.7 Å². The summed E-state index contributed by atoms with van der Waals surface area (Å²) in [7, 11) is 1.39. The topological polar surface area (TPSA) is 71.6 Å². The summed E-state index contributed by atoms with van der Waals surface area (Å²) in [6.07, 6.45) is 2.22. The van der Waals surface area contributed by atoms with Crippen LogP contribution in [-0.4, -0.2) is 55.2 Å². The van der Waals surface area contributed by atoms with Gasteiger partial charge in [-0.25, -0.2) is 0 Å². The van der Waals surface area contributed by atoms with Crippen molar-refractivity contribution in [2.45, 2.75) is 6.42 Å². The molecule has 2 aromatic rings. The molecule has 6 heteroatoms. The van der Waals surface area contributed by atoms with E-state index in [9.17, 15) is 9.59 Å². The minimum absolute atomic E-state index is 0.0249. The van der Waals surface area contributed by atoms with Crippen molar-refractivity contribution in [3.05, 3.63) is 36.0 Å². The van der Waals surface area contributed by atoms with Crippen LogP contribution in [-0.2, 0) is 25.5 Å². The Morgan fingerprint density at radius 3 is 3.08 bits per heavy atom. The van der Waals surface area contributed by atoms with E-state index in [0.717, 1.165) is 16.5 Å². The summed E-state index contributed by atoms with van der Waals surface area (Å²) in [6, 6.07) is 7.93. The highest BCUT2D eigenvalue weighted by Gasteiger charge is 2.57. The number of methoxy groups -OCH3 is 1. The van der Waals surface area contributed by atoms with Gasteiger partial charge in [-0.2, -0.15) is 0 Å². The molecule has 1 aromatic carbocycles. The molecule has 0 saturated carbocycles. The average molecular weight is 328 g/mol. The third-order valence-electron chi connectivity index (χ3n) is 5.34. The molecule has 3 heterocycles. The highest BCUT2D eigenvalue weighted by atomic mass is 16.5. The van der Waals surface area contributed by atoms with Gasteiger partial charge in [0.15, 0.2) is 0 Å². The predicted molar refractivity (Wildman–Crippen MR) is 87.3 cm³/mol. The highest BCUT2D eigenvalue weighted by molar-refractivity contribution is 5.89. The number of aromatic nitrogens is 1. The molecular formula is C18H20N2O4. The first-order chi connectivity index (χ1) is 11.6. The van der Waals surface area contributed by atoms with E-state index in [2.05, 4.69) is 4.98 Å². The van der Waals surface area contributed by atoms with Crippen LogP contribution in [0, 0.1) is 11.3 Å². The number of aromatic amines is 1. The fourth-order valence-electron chi connectivity index (χ4n) is 3.97. The molecule has 0 unspecified atom stereocenters. The molecule has 6 nitrogen and oxygen atoms in total. The molecule has 126 valence electrons. The number of para-hydroxylation sites is 1. The van der Waals surface area contributed by atoms with Crippen LogP contribution in [0.15, 0.2) is 30.5 Å². The maximum absolute atomic E-state index is 12.8. The van der Waals surface area contributed by atoms with Crippen LogP contribution in [0.5, 0.6) is 0 Å². The minimum atomic E-state index is -0.690. The normalized spacial score (nSPS) is 25.9. The highest BCUT2D eigenvalue weighted by Crippen LogP contribution is 2.42. The average Bonchev–Trinajstić information content (AvgIpc) is 3.27. The molecule has 0 bridgehead atoms. The summed E-state index contributed by atoms with van der Waals surface area (Å²) < 4.78 is 10.5. The van der Waals surface area contributed by atoms with Crippen LogP contribution in [0.1, 0.15) is 5.56 Å². The number of ether oxygens (including phenoxy) is 2. The van der Waals surface area contributed by atoms with E-state index in [4.69, 9.17) is 9.47 Å². The van der Waals surface area contributed by atoms with Gasteiger partial charge in [0.05, 0.1) is 26.7 Å². The van der Waals surface area contributed by atoms with Gasteiger partial charge in [-0.1, -0.05) is 18.2 Å². The van der Waals surface area contributed by atoms with Gasteiger partial charge in [0.25, 0.3) is 0 Å². The lowest BCUT2D eigenvalue weighted by molar-refractivity contribution is -0.153. The van der Waals surface area contributed by atoms with Crippen LogP contribution >= 0.6 is 0 Å². The van der Waals surface area contributed by atoms with E-state index >= 15 is 0 Å². The van der Waals surface area contributed by atoms with Gasteiger partial charge >= 0.3 is 5.97 Å². The second kappa shape index (κ2) is 5.63. The number of carbonyl (C=O) groups excluding carboxylic acids is 2. The molecular weight excluding hydrogens is 308 g/mol. The number of rotatable bonds is 3. The first-order valence-electron chi connectivity index (χ1n) is 8.13. The third-order valence-corrected chi connectivity index (χ3v) is 5.34. The Labute approximate surface area is 139 Å². The Morgan fingerprint density at radius 1 is 1.42 bits per heavy atom. The maximum Gasteiger partial charge on any atom is 0.316 e. The molecule has 2 fully saturated rings. The summed E-state index contributed by atoms with van der Waals surface area (Å²) in [5.41, 5.74) is 1.32. The number of amides is 1. The van der Waals surface area contributed by atoms with Gasteiger partial charge in [-0.05, 0) is 11.6 Å². The van der Waals surface area contributed by atoms with Crippen molar-refractivity contribution in [2.24, 2.45) is 11.3 Å². The zero-order valence-corrected chi connectivity index (χ0v) is 13.6. The van der Waals surface area contributed by atoms with Gasteiger partial charge < -0.3 is 19.4 Å². The molecule has 2 aliphatic heterocycles. The number of fused-ring (bicyclic) bond motifs is 2. The molecule has 1 N–H and O–H groups in total. The van der Waals surface area contributed by atoms with E-state index in [1.54, 1.807) is 4.90 Å². The first kappa shape index (κ1) is 15.2. The Balaban J connectivity index is 1.53. The number of likely N-dealkylation sites (tertiary alicyclic amines) is 1. The van der Waals surface area contributed by atoms with Crippen molar-refractivity contribution in [3.8, 4) is 0 Å². The number of hydrogen-bond donors (Lipinski definition) is 1. The van der Waals surface area contributed by atoms with Crippen molar-refractivity contribution in [3.63, 3.8) is 0 Å². The Kier molecular flexibility index (Phi) is 3.57. The van der Waals surface area contributed by atoms with Crippen molar-refractivity contribution >= 4 is 22.8 Å². The minimum Gasteiger partial charge on any atom is -0.468 e. The summed E-state index contributed by atoms with van der Waals surface area (Å²) in [5.74, 6) is -0.207. The molecule has 2 atom stereocenters. The lowest BCUT2D eigenvalue weighted by atomic mass is 9.81. The summed E-state index contributed by atoms with van der Waals surface area (Å²) in [4.78, 5) is 30.0. The number of H-pyrrole nitrogens is 1. The molecule has 0 aliphatic carbocycles. The molecule has 1 amide bonds. The monoisotopic (exact) mass is 328 g/mol. The smallest absolute Gasteiger partial charge is 0.316 e. The SMILES string of the molecule is COC(=O)[C@@]12COC[C@@H]1CN(C(=O)Cc1c[nH]c3ccccc13)C2. The molecule has 4 rings (SSSR count). The summed E-state index contributed by atoms with van der Waals surface area (Å²) in [5, 5.41) is 1.07. The van der Waals surface area contributed by atoms with E-state index in [-0.39, 0.29) is 17.8 Å². The Morgan fingerprint density at radius 2 is 2.25 bits per heavy atom.